The fraction of sp³-hybridized carbons (Fsp3) is 0.0714. The molecule has 0 saturated heterocycles. The molecular formula is C14H9ClF4N2O. The molecule has 8 heteroatoms. The predicted octanol–water partition coefficient (Wildman–Crippen LogP) is 4.02. The van der Waals surface area contributed by atoms with Gasteiger partial charge in [0.2, 0.25) is 0 Å². The molecule has 2 aromatic rings. The Morgan fingerprint density at radius 3 is 2.32 bits per heavy atom. The van der Waals surface area contributed by atoms with E-state index >= 15 is 0 Å². The van der Waals surface area contributed by atoms with Crippen LogP contribution in [0, 0.1) is 5.82 Å². The first-order valence-electron chi connectivity index (χ1n) is 5.93. The van der Waals surface area contributed by atoms with Crippen LogP contribution < -0.4 is 10.9 Å². The Hall–Kier alpha value is -2.12. The van der Waals surface area contributed by atoms with Crippen LogP contribution in [0.1, 0.15) is 15.9 Å². The lowest BCUT2D eigenvalue weighted by molar-refractivity contribution is -0.137. The molecule has 0 spiro atoms. The normalized spacial score (nSPS) is 11.4. The van der Waals surface area contributed by atoms with Gasteiger partial charge in [-0.1, -0.05) is 29.8 Å². The van der Waals surface area contributed by atoms with Crippen molar-refractivity contribution in [1.29, 1.82) is 0 Å². The zero-order chi connectivity index (χ0) is 16.5. The van der Waals surface area contributed by atoms with Crippen LogP contribution in [0.5, 0.6) is 0 Å². The average molecular weight is 333 g/mol. The lowest BCUT2D eigenvalue weighted by atomic mass is 10.1. The van der Waals surface area contributed by atoms with E-state index in [1.165, 1.54) is 18.2 Å². The van der Waals surface area contributed by atoms with E-state index in [0.29, 0.717) is 0 Å². The molecule has 1 amide bonds. The molecule has 0 unspecified atom stereocenters. The maximum atomic E-state index is 13.7. The third-order valence-corrected chi connectivity index (χ3v) is 3.18. The zero-order valence-corrected chi connectivity index (χ0v) is 11.6. The molecule has 2 N–H and O–H groups in total. The molecule has 0 radical (unpaired) electrons. The summed E-state index contributed by atoms with van der Waals surface area (Å²) in [6.07, 6.45) is -4.71. The molecule has 0 bridgehead atoms. The second-order valence-corrected chi connectivity index (χ2v) is 4.69. The first kappa shape index (κ1) is 16.3. The fourth-order valence-corrected chi connectivity index (χ4v) is 2.10. The lowest BCUT2D eigenvalue weighted by Gasteiger charge is -2.21. The van der Waals surface area contributed by atoms with Gasteiger partial charge in [0.15, 0.2) is 0 Å². The van der Waals surface area contributed by atoms with E-state index in [1.54, 1.807) is 0 Å². The van der Waals surface area contributed by atoms with Crippen molar-refractivity contribution in [2.75, 3.05) is 5.01 Å². The van der Waals surface area contributed by atoms with Crippen LogP contribution in [0.25, 0.3) is 0 Å². The second-order valence-electron chi connectivity index (χ2n) is 4.29. The van der Waals surface area contributed by atoms with Crippen molar-refractivity contribution in [3.05, 3.63) is 64.4 Å². The maximum absolute atomic E-state index is 13.7. The molecule has 116 valence electrons. The van der Waals surface area contributed by atoms with Crippen LogP contribution in [0.4, 0.5) is 23.2 Å². The quantitative estimate of drug-likeness (QED) is 0.391. The molecule has 0 fully saturated rings. The number of nitrogens with zero attached hydrogens (tertiary/aromatic N) is 1. The molecule has 0 atom stereocenters. The van der Waals surface area contributed by atoms with Gasteiger partial charge >= 0.3 is 6.18 Å². The minimum Gasteiger partial charge on any atom is -0.267 e. The predicted molar refractivity (Wildman–Crippen MR) is 73.9 cm³/mol. The Labute approximate surface area is 127 Å². The number of benzene rings is 2. The number of amides is 1. The number of hydrogen-bond donors (Lipinski definition) is 1. The number of carbonyl (C=O) groups is 1. The number of halogens is 5. The van der Waals surface area contributed by atoms with Crippen LogP contribution in [0.2, 0.25) is 5.02 Å². The summed E-state index contributed by atoms with van der Waals surface area (Å²) in [5.74, 6) is 3.31. The van der Waals surface area contributed by atoms with E-state index in [1.807, 2.05) is 0 Å². The van der Waals surface area contributed by atoms with Gasteiger partial charge in [0.05, 0.1) is 21.8 Å². The molecule has 0 aromatic heterocycles. The number of rotatable bonds is 2. The summed E-state index contributed by atoms with van der Waals surface area (Å²) in [5.41, 5.74) is -2.30. The third-order valence-electron chi connectivity index (χ3n) is 2.86. The topological polar surface area (TPSA) is 46.3 Å². The van der Waals surface area contributed by atoms with E-state index in [2.05, 4.69) is 0 Å². The van der Waals surface area contributed by atoms with E-state index in [9.17, 15) is 22.4 Å². The van der Waals surface area contributed by atoms with Crippen molar-refractivity contribution in [2.45, 2.75) is 6.18 Å². The van der Waals surface area contributed by atoms with E-state index in [-0.39, 0.29) is 10.0 Å². The molecule has 0 aliphatic carbocycles. The highest BCUT2D eigenvalue weighted by Crippen LogP contribution is 2.36. The zero-order valence-electron chi connectivity index (χ0n) is 10.9. The molecule has 0 heterocycles. The van der Waals surface area contributed by atoms with E-state index in [0.717, 1.165) is 24.3 Å². The maximum Gasteiger partial charge on any atom is 0.418 e. The number of nitrogens with two attached hydrogens (primary N) is 1. The minimum atomic E-state index is -4.71. The molecule has 22 heavy (non-hydrogen) atoms. The van der Waals surface area contributed by atoms with Crippen molar-refractivity contribution in [2.24, 2.45) is 5.84 Å². The van der Waals surface area contributed by atoms with Crippen molar-refractivity contribution >= 4 is 23.2 Å². The van der Waals surface area contributed by atoms with Gasteiger partial charge in [-0.15, -0.1) is 0 Å². The van der Waals surface area contributed by atoms with Crippen molar-refractivity contribution in [3.63, 3.8) is 0 Å². The highest BCUT2D eigenvalue weighted by Gasteiger charge is 2.36. The average Bonchev–Trinajstić information content (AvgIpc) is 2.45. The van der Waals surface area contributed by atoms with Gasteiger partial charge in [-0.25, -0.2) is 15.2 Å². The number of hydrazine groups is 1. The van der Waals surface area contributed by atoms with Gasteiger partial charge < -0.3 is 0 Å². The van der Waals surface area contributed by atoms with Gasteiger partial charge in [-0.3, -0.25) is 4.79 Å². The van der Waals surface area contributed by atoms with Crippen LogP contribution in [0.3, 0.4) is 0 Å². The minimum absolute atomic E-state index is 0.229. The molecule has 2 aromatic carbocycles. The highest BCUT2D eigenvalue weighted by atomic mass is 35.5. The number of para-hydroxylation sites is 1. The van der Waals surface area contributed by atoms with Crippen molar-refractivity contribution in [3.8, 4) is 0 Å². The first-order valence-corrected chi connectivity index (χ1v) is 6.30. The van der Waals surface area contributed by atoms with Crippen LogP contribution in [-0.4, -0.2) is 5.91 Å². The van der Waals surface area contributed by atoms with Gasteiger partial charge in [0, 0.05) is 0 Å². The van der Waals surface area contributed by atoms with Gasteiger partial charge in [-0.2, -0.15) is 13.2 Å². The number of hydrogen-bond acceptors (Lipinski definition) is 2. The van der Waals surface area contributed by atoms with Crippen LogP contribution >= 0.6 is 11.6 Å². The first-order chi connectivity index (χ1) is 10.2. The lowest BCUT2D eigenvalue weighted by Crippen LogP contribution is -2.39. The summed E-state index contributed by atoms with van der Waals surface area (Å²) in [5, 5.41) is -0.0161. The highest BCUT2D eigenvalue weighted by molar-refractivity contribution is 6.34. The fourth-order valence-electron chi connectivity index (χ4n) is 1.86. The molecular weight excluding hydrogens is 324 g/mol. The number of alkyl halides is 3. The summed E-state index contributed by atoms with van der Waals surface area (Å²) in [6, 6.07) is 7.67. The van der Waals surface area contributed by atoms with Crippen molar-refractivity contribution < 1.29 is 22.4 Å². The summed E-state index contributed by atoms with van der Waals surface area (Å²) < 4.78 is 52.5. The molecule has 0 aliphatic rings. The van der Waals surface area contributed by atoms with Crippen molar-refractivity contribution in [1.82, 2.24) is 0 Å². The second kappa shape index (κ2) is 5.94. The molecule has 2 rings (SSSR count). The van der Waals surface area contributed by atoms with E-state index < -0.39 is 34.7 Å². The summed E-state index contributed by atoms with van der Waals surface area (Å²) in [4.78, 5) is 12.2. The van der Waals surface area contributed by atoms with E-state index in [4.69, 9.17) is 17.4 Å². The summed E-state index contributed by atoms with van der Waals surface area (Å²) in [6.45, 7) is 0. The monoisotopic (exact) mass is 332 g/mol. The Balaban J connectivity index is 2.49. The number of anilines is 1. The smallest absolute Gasteiger partial charge is 0.267 e. The molecule has 0 aliphatic heterocycles. The molecule has 3 nitrogen and oxygen atoms in total. The molecule has 0 saturated carbocycles. The van der Waals surface area contributed by atoms with Gasteiger partial charge in [-0.05, 0) is 24.3 Å². The summed E-state index contributed by atoms with van der Waals surface area (Å²) in [7, 11) is 0. The largest absolute Gasteiger partial charge is 0.418 e. The number of carbonyl (C=O) groups excluding carboxylic acids is 1. The summed E-state index contributed by atoms with van der Waals surface area (Å²) >= 11 is 5.72. The van der Waals surface area contributed by atoms with Gasteiger partial charge in [0.25, 0.3) is 5.91 Å². The standard InChI is InChI=1S/C14H9ClF4N2O/c15-9-5-3-6-10(16)12(9)13(22)21(20)11-7-2-1-4-8(11)14(17,18)19/h1-7H,20H2. The van der Waals surface area contributed by atoms with Crippen LogP contribution in [-0.2, 0) is 6.18 Å². The Morgan fingerprint density at radius 2 is 1.73 bits per heavy atom. The third kappa shape index (κ3) is 3.05. The van der Waals surface area contributed by atoms with Gasteiger partial charge in [0.1, 0.15) is 5.82 Å². The SMILES string of the molecule is NN(C(=O)c1c(F)cccc1Cl)c1ccccc1C(F)(F)F. The van der Waals surface area contributed by atoms with Crippen LogP contribution in [0.15, 0.2) is 42.5 Å². The Bertz CT molecular complexity index is 698. The Kier molecular flexibility index (Phi) is 4.39. The Morgan fingerprint density at radius 1 is 1.09 bits per heavy atom.